The van der Waals surface area contributed by atoms with Crippen LogP contribution in [0, 0.1) is 0 Å². The van der Waals surface area contributed by atoms with Crippen LogP contribution >= 0.6 is 11.6 Å². The van der Waals surface area contributed by atoms with Crippen LogP contribution in [0.3, 0.4) is 0 Å². The molecule has 20 heavy (non-hydrogen) atoms. The monoisotopic (exact) mass is 286 g/mol. The van der Waals surface area contributed by atoms with Crippen LogP contribution in [0.25, 0.3) is 16.8 Å². The Bertz CT molecular complexity index is 779. The van der Waals surface area contributed by atoms with Gasteiger partial charge in [0.1, 0.15) is 5.15 Å². The first-order valence-corrected chi connectivity index (χ1v) is 6.38. The van der Waals surface area contributed by atoms with Crippen LogP contribution in [0.4, 0.5) is 0 Å². The Morgan fingerprint density at radius 1 is 1.30 bits per heavy atom. The number of hydrogen-bond acceptors (Lipinski definition) is 3. The zero-order valence-electron chi connectivity index (χ0n) is 10.7. The first-order valence-electron chi connectivity index (χ1n) is 6.01. The molecule has 0 unspecified atom stereocenters. The smallest absolute Gasteiger partial charge is 0.251 e. The van der Waals surface area contributed by atoms with Gasteiger partial charge in [-0.3, -0.25) is 4.79 Å². The maximum Gasteiger partial charge on any atom is 0.251 e. The highest BCUT2D eigenvalue weighted by molar-refractivity contribution is 6.29. The predicted octanol–water partition coefficient (Wildman–Crippen LogP) is 2.41. The van der Waals surface area contributed by atoms with Crippen molar-refractivity contribution in [2.75, 3.05) is 7.05 Å². The predicted molar refractivity (Wildman–Crippen MR) is 76.8 cm³/mol. The summed E-state index contributed by atoms with van der Waals surface area (Å²) in [4.78, 5) is 15.6. The SMILES string of the molecule is CNC(=O)c1ccn2nc(-c3ccc(Cl)nc3)cc2c1. The summed E-state index contributed by atoms with van der Waals surface area (Å²) in [5.74, 6) is -0.122. The minimum Gasteiger partial charge on any atom is -0.355 e. The lowest BCUT2D eigenvalue weighted by molar-refractivity contribution is 0.0963. The fourth-order valence-corrected chi connectivity index (χ4v) is 2.06. The maximum absolute atomic E-state index is 11.6. The first kappa shape index (κ1) is 12.6. The van der Waals surface area contributed by atoms with Crippen molar-refractivity contribution >= 4 is 23.0 Å². The van der Waals surface area contributed by atoms with Gasteiger partial charge in [-0.1, -0.05) is 11.6 Å². The third-order valence-electron chi connectivity index (χ3n) is 2.98. The van der Waals surface area contributed by atoms with Crippen LogP contribution in [0.2, 0.25) is 5.15 Å². The molecule has 3 heterocycles. The van der Waals surface area contributed by atoms with E-state index in [1.54, 1.807) is 42.2 Å². The van der Waals surface area contributed by atoms with E-state index >= 15 is 0 Å². The van der Waals surface area contributed by atoms with Gasteiger partial charge >= 0.3 is 0 Å². The topological polar surface area (TPSA) is 59.3 Å². The highest BCUT2D eigenvalue weighted by atomic mass is 35.5. The van der Waals surface area contributed by atoms with Crippen LogP contribution in [0.5, 0.6) is 0 Å². The minimum atomic E-state index is -0.122. The number of fused-ring (bicyclic) bond motifs is 1. The van der Waals surface area contributed by atoms with E-state index in [2.05, 4.69) is 15.4 Å². The molecule has 1 amide bonds. The lowest BCUT2D eigenvalue weighted by Crippen LogP contribution is -2.17. The highest BCUT2D eigenvalue weighted by Gasteiger charge is 2.08. The van der Waals surface area contributed by atoms with Crippen molar-refractivity contribution in [3.8, 4) is 11.3 Å². The van der Waals surface area contributed by atoms with Crippen molar-refractivity contribution in [2.45, 2.75) is 0 Å². The third kappa shape index (κ3) is 2.23. The Kier molecular flexibility index (Phi) is 3.12. The van der Waals surface area contributed by atoms with Crippen molar-refractivity contribution in [3.63, 3.8) is 0 Å². The van der Waals surface area contributed by atoms with Crippen molar-refractivity contribution in [2.24, 2.45) is 0 Å². The molecule has 0 atom stereocenters. The molecule has 0 aromatic carbocycles. The molecular formula is C14H11ClN4O. The Labute approximate surface area is 120 Å². The first-order chi connectivity index (χ1) is 9.67. The van der Waals surface area contributed by atoms with Gasteiger partial charge in [0.25, 0.3) is 5.91 Å². The van der Waals surface area contributed by atoms with E-state index in [1.165, 1.54) is 0 Å². The fourth-order valence-electron chi connectivity index (χ4n) is 1.95. The van der Waals surface area contributed by atoms with Gasteiger partial charge in [-0.05, 0) is 30.3 Å². The summed E-state index contributed by atoms with van der Waals surface area (Å²) in [7, 11) is 1.60. The number of aromatic nitrogens is 3. The van der Waals surface area contributed by atoms with Gasteiger partial charge in [-0.2, -0.15) is 5.10 Å². The van der Waals surface area contributed by atoms with E-state index < -0.39 is 0 Å². The molecule has 0 saturated carbocycles. The Balaban J connectivity index is 2.06. The van der Waals surface area contributed by atoms with Crippen LogP contribution in [-0.2, 0) is 0 Å². The molecule has 1 N–H and O–H groups in total. The standard InChI is InChI=1S/C14H11ClN4O/c1-16-14(20)9-4-5-19-11(6-9)7-12(18-19)10-2-3-13(15)17-8-10/h2-8H,1H3,(H,16,20). The number of halogens is 1. The summed E-state index contributed by atoms with van der Waals surface area (Å²) in [6.45, 7) is 0. The lowest BCUT2D eigenvalue weighted by Gasteiger charge is -1.99. The summed E-state index contributed by atoms with van der Waals surface area (Å²) >= 11 is 5.77. The third-order valence-corrected chi connectivity index (χ3v) is 3.20. The van der Waals surface area contributed by atoms with Crippen molar-refractivity contribution in [1.82, 2.24) is 19.9 Å². The molecule has 0 bridgehead atoms. The number of nitrogens with one attached hydrogen (secondary N) is 1. The van der Waals surface area contributed by atoms with E-state index in [1.807, 2.05) is 12.1 Å². The number of hydrogen-bond donors (Lipinski definition) is 1. The van der Waals surface area contributed by atoms with Gasteiger partial charge in [0.15, 0.2) is 0 Å². The van der Waals surface area contributed by atoms with Crippen LogP contribution < -0.4 is 5.32 Å². The summed E-state index contributed by atoms with van der Waals surface area (Å²) in [5.41, 5.74) is 3.10. The maximum atomic E-state index is 11.6. The number of nitrogens with zero attached hydrogens (tertiary/aromatic N) is 3. The van der Waals surface area contributed by atoms with Gasteiger partial charge in [-0.25, -0.2) is 9.50 Å². The van der Waals surface area contributed by atoms with Gasteiger partial charge in [0.05, 0.1) is 11.2 Å². The van der Waals surface area contributed by atoms with Crippen molar-refractivity contribution in [3.05, 3.63) is 53.4 Å². The molecule has 3 aromatic heterocycles. The largest absolute Gasteiger partial charge is 0.355 e. The summed E-state index contributed by atoms with van der Waals surface area (Å²) in [5, 5.41) is 7.48. The van der Waals surface area contributed by atoms with Gasteiger partial charge < -0.3 is 5.32 Å². The second-order valence-electron chi connectivity index (χ2n) is 4.26. The molecule has 5 nitrogen and oxygen atoms in total. The number of rotatable bonds is 2. The van der Waals surface area contributed by atoms with Gasteiger partial charge in [0, 0.05) is 30.6 Å². The quantitative estimate of drug-likeness (QED) is 0.736. The number of carbonyl (C=O) groups is 1. The summed E-state index contributed by atoms with van der Waals surface area (Å²) in [6.07, 6.45) is 3.43. The zero-order valence-corrected chi connectivity index (χ0v) is 11.4. The highest BCUT2D eigenvalue weighted by Crippen LogP contribution is 2.20. The van der Waals surface area contributed by atoms with E-state index in [4.69, 9.17) is 11.6 Å². The summed E-state index contributed by atoms with van der Waals surface area (Å²) in [6, 6.07) is 8.99. The number of carbonyl (C=O) groups excluding carboxylic acids is 1. The van der Waals surface area contributed by atoms with E-state index in [9.17, 15) is 4.79 Å². The van der Waals surface area contributed by atoms with Crippen molar-refractivity contribution in [1.29, 1.82) is 0 Å². The van der Waals surface area contributed by atoms with Gasteiger partial charge in [0.2, 0.25) is 0 Å². The second-order valence-corrected chi connectivity index (χ2v) is 4.65. The van der Waals surface area contributed by atoms with E-state index in [-0.39, 0.29) is 5.91 Å². The van der Waals surface area contributed by atoms with Crippen LogP contribution in [0.15, 0.2) is 42.7 Å². The molecule has 3 aromatic rings. The molecule has 0 spiro atoms. The Morgan fingerprint density at radius 2 is 2.15 bits per heavy atom. The molecule has 100 valence electrons. The number of amides is 1. The molecule has 0 aliphatic heterocycles. The molecule has 0 aliphatic rings. The normalized spacial score (nSPS) is 10.7. The van der Waals surface area contributed by atoms with Crippen molar-refractivity contribution < 1.29 is 4.79 Å². The summed E-state index contributed by atoms with van der Waals surface area (Å²) < 4.78 is 1.72. The molecule has 6 heteroatoms. The Morgan fingerprint density at radius 3 is 2.85 bits per heavy atom. The van der Waals surface area contributed by atoms with E-state index in [0.717, 1.165) is 16.8 Å². The Hall–Kier alpha value is -2.40. The van der Waals surface area contributed by atoms with Crippen LogP contribution in [-0.4, -0.2) is 27.6 Å². The molecule has 0 fully saturated rings. The van der Waals surface area contributed by atoms with E-state index in [0.29, 0.717) is 10.7 Å². The minimum absolute atomic E-state index is 0.122. The molecule has 0 saturated heterocycles. The molecular weight excluding hydrogens is 276 g/mol. The average molecular weight is 287 g/mol. The van der Waals surface area contributed by atoms with Crippen LogP contribution in [0.1, 0.15) is 10.4 Å². The lowest BCUT2D eigenvalue weighted by atomic mass is 10.2. The molecule has 0 radical (unpaired) electrons. The number of pyridine rings is 2. The zero-order chi connectivity index (χ0) is 14.1. The molecule has 0 aliphatic carbocycles. The molecule has 3 rings (SSSR count). The van der Waals surface area contributed by atoms with Gasteiger partial charge in [-0.15, -0.1) is 0 Å². The average Bonchev–Trinajstić information content (AvgIpc) is 2.90. The fraction of sp³-hybridized carbons (Fsp3) is 0.0714. The second kappa shape index (κ2) is 4.94.